The number of amides is 1. The van der Waals surface area contributed by atoms with Gasteiger partial charge in [0.25, 0.3) is 0 Å². The predicted octanol–water partition coefficient (Wildman–Crippen LogP) is 6.84. The van der Waals surface area contributed by atoms with E-state index in [4.69, 9.17) is 4.42 Å². The highest BCUT2D eigenvalue weighted by atomic mass is 32.1. The Morgan fingerprint density at radius 1 is 1.19 bits per heavy atom. The first-order chi connectivity index (χ1) is 17.3. The van der Waals surface area contributed by atoms with E-state index >= 15 is 0 Å². The van der Waals surface area contributed by atoms with Crippen molar-refractivity contribution in [3.05, 3.63) is 62.0 Å². The van der Waals surface area contributed by atoms with E-state index in [2.05, 4.69) is 43.0 Å². The lowest BCUT2D eigenvalue weighted by atomic mass is 9.86. The maximum absolute atomic E-state index is 13.2. The topological polar surface area (TPSA) is 106 Å². The number of carbonyl (C=O) groups excluding carboxylic acids is 2. The first kappa shape index (κ1) is 30.4. The van der Waals surface area contributed by atoms with E-state index < -0.39 is 23.4 Å². The van der Waals surface area contributed by atoms with Gasteiger partial charge in [-0.15, -0.1) is 11.3 Å². The number of ether oxygens (including phenoxy) is 1. The van der Waals surface area contributed by atoms with Crippen LogP contribution in [0.15, 0.2) is 39.7 Å². The van der Waals surface area contributed by atoms with Crippen LogP contribution in [0.25, 0.3) is 0 Å². The summed E-state index contributed by atoms with van der Waals surface area (Å²) in [5, 5.41) is 13.0. The molecule has 0 aliphatic heterocycles. The normalized spacial score (nSPS) is 14.4. The number of allylic oxidation sites excluding steroid dienone is 1. The first-order valence-electron chi connectivity index (χ1n) is 12.8. The van der Waals surface area contributed by atoms with Gasteiger partial charge in [-0.3, -0.25) is 10.1 Å². The molecule has 2 heterocycles. The van der Waals surface area contributed by atoms with Crippen LogP contribution in [0.2, 0.25) is 0 Å². The lowest BCUT2D eigenvalue weighted by Crippen LogP contribution is -2.26. The summed E-state index contributed by atoms with van der Waals surface area (Å²) in [5.74, 6) is -1.07. The van der Waals surface area contributed by atoms with Crippen molar-refractivity contribution in [2.75, 3.05) is 7.11 Å². The van der Waals surface area contributed by atoms with E-state index in [0.29, 0.717) is 18.6 Å². The standard InChI is InChI=1S/C29H41NO6S/c1-18(10-8-9-15-30-28(34)35-7)24-17-23(31)25(27(33)36-24)26(32)20(3)19(2)16-22-12-11-21(37-22)13-14-29(4,5)6/h9,11-12,15,17-20,31H,8,10,13-14,16H2,1-7H3,(H,30,34)/b15-9+/t18?,19-,20?/m0/s1. The highest BCUT2D eigenvalue weighted by Gasteiger charge is 2.28. The zero-order valence-corrected chi connectivity index (χ0v) is 23.9. The zero-order chi connectivity index (χ0) is 27.8. The third-order valence-electron chi connectivity index (χ3n) is 6.58. The minimum Gasteiger partial charge on any atom is -0.507 e. The number of hydrogen-bond donors (Lipinski definition) is 2. The monoisotopic (exact) mass is 531 g/mol. The highest BCUT2D eigenvalue weighted by molar-refractivity contribution is 7.12. The van der Waals surface area contributed by atoms with Gasteiger partial charge in [-0.05, 0) is 55.6 Å². The number of Topliss-reactive ketones (excluding diaryl/α,β-unsaturated/α-hetero) is 1. The molecule has 2 aromatic heterocycles. The lowest BCUT2D eigenvalue weighted by Gasteiger charge is -2.19. The molecule has 7 nitrogen and oxygen atoms in total. The van der Waals surface area contributed by atoms with Crippen LogP contribution < -0.4 is 10.9 Å². The Morgan fingerprint density at radius 2 is 1.86 bits per heavy atom. The fourth-order valence-corrected chi connectivity index (χ4v) is 5.03. The summed E-state index contributed by atoms with van der Waals surface area (Å²) >= 11 is 1.78. The minimum absolute atomic E-state index is 0.00981. The van der Waals surface area contributed by atoms with Gasteiger partial charge in [-0.25, -0.2) is 9.59 Å². The van der Waals surface area contributed by atoms with Crippen LogP contribution in [0.3, 0.4) is 0 Å². The van der Waals surface area contributed by atoms with Crippen molar-refractivity contribution in [1.29, 1.82) is 0 Å². The summed E-state index contributed by atoms with van der Waals surface area (Å²) in [7, 11) is 1.28. The lowest BCUT2D eigenvalue weighted by molar-refractivity contribution is 0.0885. The van der Waals surface area contributed by atoms with Crippen LogP contribution in [-0.2, 0) is 17.6 Å². The number of hydrogen-bond acceptors (Lipinski definition) is 7. The molecule has 3 atom stereocenters. The van der Waals surface area contributed by atoms with Crippen molar-refractivity contribution >= 4 is 23.2 Å². The summed E-state index contributed by atoms with van der Waals surface area (Å²) in [6, 6.07) is 5.66. The van der Waals surface area contributed by atoms with Gasteiger partial charge >= 0.3 is 11.7 Å². The molecule has 0 fully saturated rings. The largest absolute Gasteiger partial charge is 0.507 e. The number of aryl methyl sites for hydroxylation is 1. The fraction of sp³-hybridized carbons (Fsp3) is 0.552. The molecule has 1 amide bonds. The smallest absolute Gasteiger partial charge is 0.410 e. The highest BCUT2D eigenvalue weighted by Crippen LogP contribution is 2.30. The molecular formula is C29H41NO6S. The molecule has 0 saturated heterocycles. The fourth-order valence-electron chi connectivity index (χ4n) is 3.87. The van der Waals surface area contributed by atoms with E-state index in [1.807, 2.05) is 13.8 Å². The molecule has 0 spiro atoms. The Labute approximate surface area is 223 Å². The second kappa shape index (κ2) is 13.6. The first-order valence-corrected chi connectivity index (χ1v) is 13.6. The second-order valence-corrected chi connectivity index (χ2v) is 12.2. The summed E-state index contributed by atoms with van der Waals surface area (Å²) in [4.78, 5) is 39.5. The van der Waals surface area contributed by atoms with Crippen molar-refractivity contribution in [3.63, 3.8) is 0 Å². The molecule has 0 radical (unpaired) electrons. The Kier molecular flexibility index (Phi) is 11.2. The van der Waals surface area contributed by atoms with Gasteiger partial charge in [-0.2, -0.15) is 0 Å². The average molecular weight is 532 g/mol. The van der Waals surface area contributed by atoms with Gasteiger partial charge in [0.1, 0.15) is 17.1 Å². The number of ketones is 1. The van der Waals surface area contributed by atoms with E-state index in [1.54, 1.807) is 24.3 Å². The minimum atomic E-state index is -0.811. The summed E-state index contributed by atoms with van der Waals surface area (Å²) in [6.07, 6.45) is 6.79. The van der Waals surface area contributed by atoms with E-state index in [-0.39, 0.29) is 28.6 Å². The molecular weight excluding hydrogens is 490 g/mol. The number of aromatic hydroxyl groups is 1. The maximum Gasteiger partial charge on any atom is 0.410 e. The van der Waals surface area contributed by atoms with Crippen LogP contribution in [0.5, 0.6) is 5.75 Å². The third kappa shape index (κ3) is 9.50. The van der Waals surface area contributed by atoms with Gasteiger partial charge in [0.15, 0.2) is 5.78 Å². The average Bonchev–Trinajstić information content (AvgIpc) is 3.27. The Hall–Kier alpha value is -2.87. The zero-order valence-electron chi connectivity index (χ0n) is 23.1. The molecule has 0 bridgehead atoms. The van der Waals surface area contributed by atoms with Gasteiger partial charge in [0.2, 0.25) is 0 Å². The molecule has 2 aromatic rings. The Morgan fingerprint density at radius 3 is 2.49 bits per heavy atom. The number of nitrogens with one attached hydrogen (secondary N) is 1. The number of methoxy groups -OCH3 is 1. The molecule has 37 heavy (non-hydrogen) atoms. The number of carbonyl (C=O) groups is 2. The van der Waals surface area contributed by atoms with Gasteiger partial charge in [-0.1, -0.05) is 47.6 Å². The molecule has 0 aliphatic rings. The number of thiophene rings is 1. The van der Waals surface area contributed by atoms with Crippen LogP contribution in [-0.4, -0.2) is 24.1 Å². The number of alkyl carbamates (subject to hydrolysis) is 1. The van der Waals surface area contributed by atoms with Crippen LogP contribution in [0.4, 0.5) is 4.79 Å². The predicted molar refractivity (Wildman–Crippen MR) is 147 cm³/mol. The number of rotatable bonds is 12. The van der Waals surface area contributed by atoms with Gasteiger partial charge < -0.3 is 14.3 Å². The molecule has 2 unspecified atom stereocenters. The van der Waals surface area contributed by atoms with Crippen molar-refractivity contribution in [2.24, 2.45) is 17.3 Å². The quantitative estimate of drug-likeness (QED) is 0.291. The second-order valence-electron chi connectivity index (χ2n) is 11.0. The molecule has 8 heteroatoms. The molecule has 0 saturated carbocycles. The molecule has 2 rings (SSSR count). The van der Waals surface area contributed by atoms with E-state index in [1.165, 1.54) is 29.1 Å². The molecule has 0 aromatic carbocycles. The van der Waals surface area contributed by atoms with Crippen LogP contribution in [0, 0.1) is 17.3 Å². The molecule has 0 aliphatic carbocycles. The van der Waals surface area contributed by atoms with Crippen molar-refractivity contribution in [1.82, 2.24) is 5.32 Å². The third-order valence-corrected chi connectivity index (χ3v) is 7.75. The molecule has 204 valence electrons. The maximum atomic E-state index is 13.2. The van der Waals surface area contributed by atoms with Gasteiger partial charge in [0.05, 0.1) is 7.11 Å². The summed E-state index contributed by atoms with van der Waals surface area (Å²) in [6.45, 7) is 12.4. The summed E-state index contributed by atoms with van der Waals surface area (Å²) in [5.41, 5.74) is -0.807. The van der Waals surface area contributed by atoms with Crippen LogP contribution in [0.1, 0.15) is 92.6 Å². The van der Waals surface area contributed by atoms with E-state index in [0.717, 1.165) is 19.3 Å². The van der Waals surface area contributed by atoms with Crippen molar-refractivity contribution < 1.29 is 23.8 Å². The van der Waals surface area contributed by atoms with Crippen molar-refractivity contribution in [3.8, 4) is 5.75 Å². The van der Waals surface area contributed by atoms with Gasteiger partial charge in [0, 0.05) is 33.9 Å². The SMILES string of the molecule is COC(=O)N/C=C/CCC(C)c1cc(O)c(C(=O)C(C)[C@@H](C)Cc2ccc(CCC(C)(C)C)s2)c(=O)o1. The van der Waals surface area contributed by atoms with E-state index in [9.17, 15) is 19.5 Å². The Balaban J connectivity index is 2.01. The molecule has 2 N–H and O–H groups in total. The van der Waals surface area contributed by atoms with Crippen molar-refractivity contribution in [2.45, 2.75) is 79.6 Å². The Bertz CT molecular complexity index is 1140. The summed E-state index contributed by atoms with van der Waals surface area (Å²) < 4.78 is 9.92. The van der Waals surface area contributed by atoms with Crippen LogP contribution >= 0.6 is 11.3 Å².